The van der Waals surface area contributed by atoms with E-state index in [1.807, 2.05) is 5.32 Å². The number of hydrogen-bond acceptors (Lipinski definition) is 6. The molecule has 0 fully saturated rings. The summed E-state index contributed by atoms with van der Waals surface area (Å²) in [4.78, 5) is 46.2. The molecule has 4 N–H and O–H groups in total. The average Bonchev–Trinajstić information content (AvgIpc) is 2.97. The molecule has 0 aliphatic carbocycles. The number of imide groups is 1. The van der Waals surface area contributed by atoms with Gasteiger partial charge in [0.15, 0.2) is 11.9 Å². The van der Waals surface area contributed by atoms with Crippen LogP contribution in [0.25, 0.3) is 0 Å². The Morgan fingerprint density at radius 2 is 1.87 bits per heavy atom. The van der Waals surface area contributed by atoms with Crippen molar-refractivity contribution in [2.75, 3.05) is 0 Å². The quantitative estimate of drug-likeness (QED) is 0.636. The standard InChI is InChI=1S/C14H19N3O6/c1-7(2)10(12(19)17-14(15)21)23-13(20)8(3)16-11(18)9-5-4-6-22-9/h4-8,10H,1-3H3,(H,16,18)(H3,15,17,19,21)/t8-,10-/m0/s1. The molecule has 9 nitrogen and oxygen atoms in total. The largest absolute Gasteiger partial charge is 0.459 e. The Labute approximate surface area is 132 Å². The number of amides is 4. The van der Waals surface area contributed by atoms with Crippen LogP contribution >= 0.6 is 0 Å². The minimum Gasteiger partial charge on any atom is -0.459 e. The highest BCUT2D eigenvalue weighted by molar-refractivity contribution is 5.97. The topological polar surface area (TPSA) is 141 Å². The van der Waals surface area contributed by atoms with Gasteiger partial charge in [-0.25, -0.2) is 9.59 Å². The van der Waals surface area contributed by atoms with Crippen molar-refractivity contribution in [1.82, 2.24) is 10.6 Å². The molecular formula is C14H19N3O6. The van der Waals surface area contributed by atoms with E-state index < -0.39 is 41.9 Å². The number of furan rings is 1. The van der Waals surface area contributed by atoms with Crippen LogP contribution in [0.15, 0.2) is 22.8 Å². The Hall–Kier alpha value is -2.84. The van der Waals surface area contributed by atoms with E-state index in [0.29, 0.717) is 0 Å². The Kier molecular flexibility index (Phi) is 6.31. The number of carbonyl (C=O) groups excluding carboxylic acids is 4. The van der Waals surface area contributed by atoms with Crippen molar-refractivity contribution in [1.29, 1.82) is 0 Å². The van der Waals surface area contributed by atoms with Gasteiger partial charge in [-0.05, 0) is 25.0 Å². The number of nitrogens with two attached hydrogens (primary N) is 1. The molecule has 4 amide bonds. The molecule has 0 radical (unpaired) electrons. The summed E-state index contributed by atoms with van der Waals surface area (Å²) in [6.45, 7) is 4.65. The van der Waals surface area contributed by atoms with Gasteiger partial charge in [0.05, 0.1) is 6.26 Å². The second kappa shape index (κ2) is 7.97. The summed E-state index contributed by atoms with van der Waals surface area (Å²) in [6, 6.07) is 0.900. The van der Waals surface area contributed by atoms with Gasteiger partial charge in [0.2, 0.25) is 0 Å². The van der Waals surface area contributed by atoms with Crippen molar-refractivity contribution in [3.63, 3.8) is 0 Å². The monoisotopic (exact) mass is 325 g/mol. The number of urea groups is 1. The molecule has 1 aromatic rings. The number of primary amides is 1. The van der Waals surface area contributed by atoms with Crippen LogP contribution in [0.3, 0.4) is 0 Å². The highest BCUT2D eigenvalue weighted by Gasteiger charge is 2.30. The van der Waals surface area contributed by atoms with Gasteiger partial charge < -0.3 is 20.2 Å². The van der Waals surface area contributed by atoms with Gasteiger partial charge in [0, 0.05) is 0 Å². The highest BCUT2D eigenvalue weighted by atomic mass is 16.5. The van der Waals surface area contributed by atoms with E-state index in [-0.39, 0.29) is 5.76 Å². The van der Waals surface area contributed by atoms with E-state index in [1.165, 1.54) is 25.3 Å². The second-order valence-corrected chi connectivity index (χ2v) is 5.13. The summed E-state index contributed by atoms with van der Waals surface area (Å²) >= 11 is 0. The fourth-order valence-electron chi connectivity index (χ4n) is 1.65. The van der Waals surface area contributed by atoms with Crippen LogP contribution in [0.2, 0.25) is 0 Å². The van der Waals surface area contributed by atoms with Crippen LogP contribution in [0, 0.1) is 5.92 Å². The van der Waals surface area contributed by atoms with Gasteiger partial charge in [0.1, 0.15) is 6.04 Å². The van der Waals surface area contributed by atoms with E-state index in [4.69, 9.17) is 14.9 Å². The molecule has 9 heteroatoms. The molecule has 0 saturated carbocycles. The number of ether oxygens (including phenoxy) is 1. The van der Waals surface area contributed by atoms with Gasteiger partial charge in [0.25, 0.3) is 11.8 Å². The van der Waals surface area contributed by atoms with Crippen molar-refractivity contribution in [2.45, 2.75) is 32.9 Å². The molecule has 0 aliphatic rings. The number of carbonyl (C=O) groups is 4. The van der Waals surface area contributed by atoms with E-state index in [1.54, 1.807) is 13.8 Å². The number of hydrogen-bond donors (Lipinski definition) is 3. The average molecular weight is 325 g/mol. The Morgan fingerprint density at radius 1 is 1.22 bits per heavy atom. The maximum Gasteiger partial charge on any atom is 0.329 e. The molecular weight excluding hydrogens is 306 g/mol. The molecule has 0 aromatic carbocycles. The van der Waals surface area contributed by atoms with Crippen LogP contribution in [0.4, 0.5) is 4.79 Å². The van der Waals surface area contributed by atoms with Crippen molar-refractivity contribution in [3.8, 4) is 0 Å². The lowest BCUT2D eigenvalue weighted by molar-refractivity contribution is -0.159. The third-order valence-corrected chi connectivity index (χ3v) is 2.80. The SMILES string of the molecule is CC(C)[C@H](OC(=O)[C@H](C)NC(=O)c1ccco1)C(=O)NC(N)=O. The molecule has 0 aliphatic heterocycles. The molecule has 0 unspecified atom stereocenters. The molecule has 1 heterocycles. The number of rotatable bonds is 6. The lowest BCUT2D eigenvalue weighted by Crippen LogP contribution is -2.48. The normalized spacial score (nSPS) is 13.0. The van der Waals surface area contributed by atoms with Crippen molar-refractivity contribution in [3.05, 3.63) is 24.2 Å². The molecule has 23 heavy (non-hydrogen) atoms. The third kappa shape index (κ3) is 5.46. The zero-order valence-corrected chi connectivity index (χ0v) is 13.0. The van der Waals surface area contributed by atoms with Gasteiger partial charge in [-0.15, -0.1) is 0 Å². The molecule has 2 atom stereocenters. The molecule has 1 aromatic heterocycles. The fraction of sp³-hybridized carbons (Fsp3) is 0.429. The van der Waals surface area contributed by atoms with Crippen molar-refractivity contribution < 1.29 is 28.3 Å². The summed E-state index contributed by atoms with van der Waals surface area (Å²) in [6.07, 6.45) is 0.110. The Morgan fingerprint density at radius 3 is 2.35 bits per heavy atom. The Bertz CT molecular complexity index is 581. The van der Waals surface area contributed by atoms with Gasteiger partial charge >= 0.3 is 12.0 Å². The smallest absolute Gasteiger partial charge is 0.329 e. The Balaban J connectivity index is 2.65. The van der Waals surface area contributed by atoms with Gasteiger partial charge in [-0.1, -0.05) is 13.8 Å². The summed E-state index contributed by atoms with van der Waals surface area (Å²) in [5, 5.41) is 4.23. The second-order valence-electron chi connectivity index (χ2n) is 5.13. The molecule has 0 spiro atoms. The maximum atomic E-state index is 12.0. The zero-order valence-electron chi connectivity index (χ0n) is 13.0. The lowest BCUT2D eigenvalue weighted by Gasteiger charge is -2.22. The molecule has 0 saturated heterocycles. The third-order valence-electron chi connectivity index (χ3n) is 2.80. The summed E-state index contributed by atoms with van der Waals surface area (Å²) in [5.74, 6) is -2.61. The lowest BCUT2D eigenvalue weighted by atomic mass is 10.1. The van der Waals surface area contributed by atoms with Crippen LogP contribution in [-0.4, -0.2) is 36.0 Å². The van der Waals surface area contributed by atoms with Gasteiger partial charge in [-0.3, -0.25) is 14.9 Å². The summed E-state index contributed by atoms with van der Waals surface area (Å²) in [7, 11) is 0. The van der Waals surface area contributed by atoms with Crippen molar-refractivity contribution >= 4 is 23.8 Å². The highest BCUT2D eigenvalue weighted by Crippen LogP contribution is 2.09. The van der Waals surface area contributed by atoms with E-state index >= 15 is 0 Å². The first-order valence-electron chi connectivity index (χ1n) is 6.87. The minimum atomic E-state index is -1.21. The maximum absolute atomic E-state index is 12.0. The van der Waals surface area contributed by atoms with Crippen molar-refractivity contribution in [2.24, 2.45) is 11.7 Å². The van der Waals surface area contributed by atoms with Crippen LogP contribution in [0.1, 0.15) is 31.3 Å². The van der Waals surface area contributed by atoms with Crippen LogP contribution < -0.4 is 16.4 Å². The molecule has 0 bridgehead atoms. The van der Waals surface area contributed by atoms with Gasteiger partial charge in [-0.2, -0.15) is 0 Å². The van der Waals surface area contributed by atoms with Crippen LogP contribution in [0.5, 0.6) is 0 Å². The first kappa shape index (κ1) is 18.2. The van der Waals surface area contributed by atoms with E-state index in [2.05, 4.69) is 5.32 Å². The fourth-order valence-corrected chi connectivity index (χ4v) is 1.65. The first-order chi connectivity index (χ1) is 10.7. The molecule has 126 valence electrons. The zero-order chi connectivity index (χ0) is 17.6. The van der Waals surface area contributed by atoms with E-state index in [9.17, 15) is 19.2 Å². The van der Waals surface area contributed by atoms with Crippen LogP contribution in [-0.2, 0) is 14.3 Å². The number of nitrogens with one attached hydrogen (secondary N) is 2. The summed E-state index contributed by atoms with van der Waals surface area (Å²) in [5.41, 5.74) is 4.86. The summed E-state index contributed by atoms with van der Waals surface area (Å²) < 4.78 is 9.95. The predicted octanol–water partition coefficient (Wildman–Crippen LogP) is 0.161. The molecule has 1 rings (SSSR count). The predicted molar refractivity (Wildman–Crippen MR) is 78.1 cm³/mol. The number of esters is 1. The first-order valence-corrected chi connectivity index (χ1v) is 6.87. The van der Waals surface area contributed by atoms with E-state index in [0.717, 1.165) is 0 Å². The minimum absolute atomic E-state index is 0.0385.